The predicted octanol–water partition coefficient (Wildman–Crippen LogP) is 3.84. The number of nitrogens with one attached hydrogen (secondary N) is 1. The zero-order valence-electron chi connectivity index (χ0n) is 12.5. The van der Waals surface area contributed by atoms with Crippen molar-refractivity contribution in [2.45, 2.75) is 58.5 Å². The quantitative estimate of drug-likeness (QED) is 0.873. The summed E-state index contributed by atoms with van der Waals surface area (Å²) in [6.07, 6.45) is 7.13. The van der Waals surface area contributed by atoms with Crippen molar-refractivity contribution in [1.29, 1.82) is 0 Å². The first-order valence-corrected chi connectivity index (χ1v) is 7.71. The number of piperidine rings is 1. The summed E-state index contributed by atoms with van der Waals surface area (Å²) in [6.45, 7) is 9.00. The van der Waals surface area contributed by atoms with Gasteiger partial charge in [-0.1, -0.05) is 26.3 Å². The second-order valence-electron chi connectivity index (χ2n) is 5.57. The minimum Gasteiger partial charge on any atom is -0.368 e. The summed E-state index contributed by atoms with van der Waals surface area (Å²) in [4.78, 5) is 7.14. The van der Waals surface area contributed by atoms with Gasteiger partial charge < -0.3 is 5.32 Å². The van der Waals surface area contributed by atoms with Gasteiger partial charge in [0, 0.05) is 18.3 Å². The van der Waals surface area contributed by atoms with Crippen LogP contribution < -0.4 is 5.32 Å². The van der Waals surface area contributed by atoms with Crippen molar-refractivity contribution >= 4 is 5.82 Å². The van der Waals surface area contributed by atoms with Crippen molar-refractivity contribution in [2.75, 3.05) is 18.4 Å². The van der Waals surface area contributed by atoms with Crippen LogP contribution in [0.25, 0.3) is 0 Å². The highest BCUT2D eigenvalue weighted by atomic mass is 15.2. The lowest BCUT2D eigenvalue weighted by atomic mass is 9.96. The number of anilines is 1. The van der Waals surface area contributed by atoms with Gasteiger partial charge >= 0.3 is 0 Å². The number of hydrogen-bond donors (Lipinski definition) is 1. The Morgan fingerprint density at radius 2 is 2.21 bits per heavy atom. The minimum atomic E-state index is 0.486. The van der Waals surface area contributed by atoms with Crippen LogP contribution >= 0.6 is 0 Å². The molecule has 19 heavy (non-hydrogen) atoms. The largest absolute Gasteiger partial charge is 0.368 e. The molecule has 0 amide bonds. The molecule has 1 aliphatic rings. The molecule has 1 aliphatic heterocycles. The van der Waals surface area contributed by atoms with Gasteiger partial charge in [-0.2, -0.15) is 0 Å². The fraction of sp³-hybridized carbons (Fsp3) is 0.688. The first-order valence-electron chi connectivity index (χ1n) is 7.71. The van der Waals surface area contributed by atoms with E-state index in [1.54, 1.807) is 0 Å². The molecule has 0 saturated carbocycles. The highest BCUT2D eigenvalue weighted by molar-refractivity contribution is 5.37. The number of rotatable bonds is 5. The van der Waals surface area contributed by atoms with Crippen LogP contribution in [0.2, 0.25) is 0 Å². The molecule has 0 aliphatic carbocycles. The molecule has 3 nitrogen and oxygen atoms in total. The average molecular weight is 261 g/mol. The fourth-order valence-electron chi connectivity index (χ4n) is 2.79. The van der Waals surface area contributed by atoms with E-state index >= 15 is 0 Å². The van der Waals surface area contributed by atoms with E-state index < -0.39 is 0 Å². The third kappa shape index (κ3) is 3.69. The van der Waals surface area contributed by atoms with Gasteiger partial charge in [0.1, 0.15) is 5.82 Å². The molecule has 0 spiro atoms. The highest BCUT2D eigenvalue weighted by Crippen LogP contribution is 2.30. The van der Waals surface area contributed by atoms with Crippen LogP contribution in [0.5, 0.6) is 0 Å². The van der Waals surface area contributed by atoms with Crippen LogP contribution in [0.3, 0.4) is 0 Å². The fourth-order valence-corrected chi connectivity index (χ4v) is 2.79. The lowest BCUT2D eigenvalue weighted by Crippen LogP contribution is -2.33. The second-order valence-corrected chi connectivity index (χ2v) is 5.57. The Hall–Kier alpha value is -1.09. The summed E-state index contributed by atoms with van der Waals surface area (Å²) in [5.41, 5.74) is 1.37. The molecule has 2 atom stereocenters. The van der Waals surface area contributed by atoms with E-state index in [2.05, 4.69) is 54.3 Å². The molecule has 1 aromatic heterocycles. The van der Waals surface area contributed by atoms with E-state index in [9.17, 15) is 0 Å². The molecule has 1 N–H and O–H groups in total. The highest BCUT2D eigenvalue weighted by Gasteiger charge is 2.22. The molecular formula is C16H27N3. The van der Waals surface area contributed by atoms with E-state index in [1.165, 1.54) is 31.4 Å². The Morgan fingerprint density at radius 3 is 2.84 bits per heavy atom. The van der Waals surface area contributed by atoms with E-state index in [0.717, 1.165) is 18.8 Å². The topological polar surface area (TPSA) is 28.2 Å². The molecular weight excluding hydrogens is 234 g/mol. The molecule has 0 aromatic carbocycles. The standard InChI is InChI=1S/C16H27N3/c1-4-13(3)18-16-10-9-14(12-17-16)15-8-6-7-11-19(15)5-2/h9-10,12-13,15H,4-8,11H2,1-3H3,(H,17,18)/t13-,15+/m0/s1. The lowest BCUT2D eigenvalue weighted by molar-refractivity contribution is 0.157. The lowest BCUT2D eigenvalue weighted by Gasteiger charge is -2.35. The molecule has 3 heteroatoms. The second kappa shape index (κ2) is 6.90. The van der Waals surface area contributed by atoms with Gasteiger partial charge in [-0.05, 0) is 50.9 Å². The number of aromatic nitrogens is 1. The summed E-state index contributed by atoms with van der Waals surface area (Å²) in [5.74, 6) is 0.997. The van der Waals surface area contributed by atoms with Crippen LogP contribution in [0.4, 0.5) is 5.82 Å². The number of hydrogen-bond acceptors (Lipinski definition) is 3. The van der Waals surface area contributed by atoms with E-state index in [0.29, 0.717) is 12.1 Å². The zero-order valence-corrected chi connectivity index (χ0v) is 12.5. The summed E-state index contributed by atoms with van der Waals surface area (Å²) in [6, 6.07) is 5.43. The van der Waals surface area contributed by atoms with Crippen molar-refractivity contribution in [1.82, 2.24) is 9.88 Å². The Morgan fingerprint density at radius 1 is 1.37 bits per heavy atom. The van der Waals surface area contributed by atoms with E-state index in [1.807, 2.05) is 0 Å². The molecule has 1 saturated heterocycles. The summed E-state index contributed by atoms with van der Waals surface area (Å²) >= 11 is 0. The van der Waals surface area contributed by atoms with E-state index in [4.69, 9.17) is 0 Å². The molecule has 0 bridgehead atoms. The van der Waals surface area contributed by atoms with Gasteiger partial charge in [0.05, 0.1) is 0 Å². The SMILES string of the molecule is CC[C@H](C)Nc1ccc([C@H]2CCCCN2CC)cn1. The maximum atomic E-state index is 4.57. The van der Waals surface area contributed by atoms with E-state index in [-0.39, 0.29) is 0 Å². The normalized spacial score (nSPS) is 22.2. The van der Waals surface area contributed by atoms with Gasteiger partial charge in [-0.3, -0.25) is 4.90 Å². The van der Waals surface area contributed by atoms with Gasteiger partial charge in [0.15, 0.2) is 0 Å². The van der Waals surface area contributed by atoms with Crippen LogP contribution in [0, 0.1) is 0 Å². The number of pyridine rings is 1. The van der Waals surface area contributed by atoms with Crippen molar-refractivity contribution in [2.24, 2.45) is 0 Å². The van der Waals surface area contributed by atoms with Crippen molar-refractivity contribution < 1.29 is 0 Å². The summed E-state index contributed by atoms with van der Waals surface area (Å²) < 4.78 is 0. The van der Waals surface area contributed by atoms with Crippen LogP contribution in [0.15, 0.2) is 18.3 Å². The molecule has 2 heterocycles. The maximum Gasteiger partial charge on any atom is 0.126 e. The maximum absolute atomic E-state index is 4.57. The Kier molecular flexibility index (Phi) is 5.20. The van der Waals surface area contributed by atoms with Crippen molar-refractivity contribution in [3.05, 3.63) is 23.9 Å². The molecule has 1 aromatic rings. The Bertz CT molecular complexity index is 374. The zero-order chi connectivity index (χ0) is 13.7. The molecule has 0 radical (unpaired) electrons. The Labute approximate surface area is 117 Å². The van der Waals surface area contributed by atoms with Gasteiger partial charge in [-0.25, -0.2) is 4.98 Å². The predicted molar refractivity (Wildman–Crippen MR) is 81.5 cm³/mol. The Balaban J connectivity index is 2.04. The smallest absolute Gasteiger partial charge is 0.126 e. The third-order valence-corrected chi connectivity index (χ3v) is 4.20. The number of likely N-dealkylation sites (tertiary alicyclic amines) is 1. The van der Waals surface area contributed by atoms with Gasteiger partial charge in [0.2, 0.25) is 0 Å². The van der Waals surface area contributed by atoms with Gasteiger partial charge in [0.25, 0.3) is 0 Å². The first kappa shape index (κ1) is 14.3. The monoisotopic (exact) mass is 261 g/mol. The average Bonchev–Trinajstić information content (AvgIpc) is 2.48. The molecule has 106 valence electrons. The van der Waals surface area contributed by atoms with Gasteiger partial charge in [-0.15, -0.1) is 0 Å². The summed E-state index contributed by atoms with van der Waals surface area (Å²) in [7, 11) is 0. The summed E-state index contributed by atoms with van der Waals surface area (Å²) in [5, 5.41) is 3.42. The first-order chi connectivity index (χ1) is 9.24. The van der Waals surface area contributed by atoms with Crippen molar-refractivity contribution in [3.8, 4) is 0 Å². The van der Waals surface area contributed by atoms with Crippen LogP contribution in [0.1, 0.15) is 58.1 Å². The molecule has 1 fully saturated rings. The molecule has 2 rings (SSSR count). The third-order valence-electron chi connectivity index (χ3n) is 4.20. The van der Waals surface area contributed by atoms with Crippen LogP contribution in [-0.4, -0.2) is 29.0 Å². The van der Waals surface area contributed by atoms with Crippen molar-refractivity contribution in [3.63, 3.8) is 0 Å². The minimum absolute atomic E-state index is 0.486. The molecule has 0 unspecified atom stereocenters. The van der Waals surface area contributed by atoms with Crippen LogP contribution in [-0.2, 0) is 0 Å². The number of nitrogens with zero attached hydrogens (tertiary/aromatic N) is 2.